The molecule has 1 aliphatic rings. The van der Waals surface area contributed by atoms with Gasteiger partial charge in [0.2, 0.25) is 5.91 Å². The van der Waals surface area contributed by atoms with Crippen LogP contribution in [0.15, 0.2) is 30.3 Å². The van der Waals surface area contributed by atoms with Crippen molar-refractivity contribution in [2.24, 2.45) is 5.92 Å². The molecule has 0 aliphatic carbocycles. The van der Waals surface area contributed by atoms with Crippen molar-refractivity contribution in [3.8, 4) is 0 Å². The Labute approximate surface area is 130 Å². The highest BCUT2D eigenvalue weighted by Gasteiger charge is 2.29. The van der Waals surface area contributed by atoms with Crippen LogP contribution in [0.5, 0.6) is 0 Å². The van der Waals surface area contributed by atoms with E-state index in [0.29, 0.717) is 12.3 Å². The topological polar surface area (TPSA) is 49.4 Å². The van der Waals surface area contributed by atoms with Crippen LogP contribution in [0.4, 0.5) is 0 Å². The van der Waals surface area contributed by atoms with E-state index < -0.39 is 0 Å². The minimum atomic E-state index is 0.130. The number of hydrogen-bond acceptors (Lipinski definition) is 4. The maximum absolute atomic E-state index is 11.9. The van der Waals surface area contributed by atoms with Crippen molar-refractivity contribution in [3.63, 3.8) is 0 Å². The van der Waals surface area contributed by atoms with E-state index in [-0.39, 0.29) is 11.0 Å². The highest BCUT2D eigenvalue weighted by molar-refractivity contribution is 8.13. The van der Waals surface area contributed by atoms with E-state index in [4.69, 9.17) is 0 Å². The van der Waals surface area contributed by atoms with E-state index in [2.05, 4.69) is 17.4 Å². The fourth-order valence-corrected chi connectivity index (χ4v) is 3.15. The molecule has 21 heavy (non-hydrogen) atoms. The molecule has 1 aromatic rings. The summed E-state index contributed by atoms with van der Waals surface area (Å²) < 4.78 is 0. The first-order valence-electron chi connectivity index (χ1n) is 7.31. The lowest BCUT2D eigenvalue weighted by molar-refractivity contribution is -0.127. The number of carbonyl (C=O) groups is 2. The molecule has 1 aliphatic heterocycles. The average molecular weight is 306 g/mol. The van der Waals surface area contributed by atoms with Gasteiger partial charge in [-0.2, -0.15) is 0 Å². The number of thioether (sulfide) groups is 1. The molecule has 1 unspecified atom stereocenters. The predicted molar refractivity (Wildman–Crippen MR) is 86.0 cm³/mol. The first-order chi connectivity index (χ1) is 10.1. The number of rotatable bonds is 7. The molecule has 0 radical (unpaired) electrons. The van der Waals surface area contributed by atoms with Gasteiger partial charge in [0.1, 0.15) is 0 Å². The molecule has 0 aromatic heterocycles. The SMILES string of the molecule is CC(=O)SCC1CC(=O)N(CCNCc2ccccc2)C1. The summed E-state index contributed by atoms with van der Waals surface area (Å²) in [6.45, 7) is 4.73. The maximum atomic E-state index is 11.9. The summed E-state index contributed by atoms with van der Waals surface area (Å²) in [7, 11) is 0. The van der Waals surface area contributed by atoms with Crippen LogP contribution in [-0.2, 0) is 16.1 Å². The molecule has 1 fully saturated rings. The molecular weight excluding hydrogens is 284 g/mol. The Morgan fingerprint density at radius 1 is 1.38 bits per heavy atom. The van der Waals surface area contributed by atoms with Gasteiger partial charge in [0.15, 0.2) is 5.12 Å². The van der Waals surface area contributed by atoms with E-state index in [1.54, 1.807) is 6.92 Å². The first-order valence-corrected chi connectivity index (χ1v) is 8.29. The molecule has 4 nitrogen and oxygen atoms in total. The second kappa shape index (κ2) is 8.20. The summed E-state index contributed by atoms with van der Waals surface area (Å²) in [4.78, 5) is 24.8. The lowest BCUT2D eigenvalue weighted by Crippen LogP contribution is -2.33. The van der Waals surface area contributed by atoms with Gasteiger partial charge >= 0.3 is 0 Å². The molecular formula is C16H22N2O2S. The van der Waals surface area contributed by atoms with E-state index in [9.17, 15) is 9.59 Å². The predicted octanol–water partition coefficient (Wildman–Crippen LogP) is 1.90. The summed E-state index contributed by atoms with van der Waals surface area (Å²) >= 11 is 1.32. The van der Waals surface area contributed by atoms with Crippen LogP contribution < -0.4 is 5.32 Å². The quantitative estimate of drug-likeness (QED) is 0.782. The number of hydrogen-bond donors (Lipinski definition) is 1. The summed E-state index contributed by atoms with van der Waals surface area (Å²) in [5.41, 5.74) is 1.25. The maximum Gasteiger partial charge on any atom is 0.222 e. The summed E-state index contributed by atoms with van der Waals surface area (Å²) in [6, 6.07) is 10.2. The number of nitrogens with zero attached hydrogens (tertiary/aromatic N) is 1. The third kappa shape index (κ3) is 5.52. The first kappa shape index (κ1) is 16.0. The summed E-state index contributed by atoms with van der Waals surface area (Å²) in [5, 5.41) is 3.49. The Morgan fingerprint density at radius 2 is 2.14 bits per heavy atom. The summed E-state index contributed by atoms with van der Waals surface area (Å²) in [5.74, 6) is 1.29. The largest absolute Gasteiger partial charge is 0.341 e. The van der Waals surface area contributed by atoms with Gasteiger partial charge in [-0.3, -0.25) is 9.59 Å². The fourth-order valence-electron chi connectivity index (χ4n) is 2.46. The molecule has 0 saturated carbocycles. The minimum Gasteiger partial charge on any atom is -0.341 e. The van der Waals surface area contributed by atoms with Crippen molar-refractivity contribution in [3.05, 3.63) is 35.9 Å². The molecule has 2 rings (SSSR count). The van der Waals surface area contributed by atoms with Crippen LogP contribution in [0.25, 0.3) is 0 Å². The third-order valence-corrected chi connectivity index (χ3v) is 4.59. The fraction of sp³-hybridized carbons (Fsp3) is 0.500. The molecule has 1 amide bonds. The highest BCUT2D eigenvalue weighted by atomic mass is 32.2. The van der Waals surface area contributed by atoms with E-state index in [1.807, 2.05) is 23.1 Å². The standard InChI is InChI=1S/C16H22N2O2S/c1-13(19)21-12-15-9-16(20)18(11-15)8-7-17-10-14-5-3-2-4-6-14/h2-6,15,17H,7-12H2,1H3. The Kier molecular flexibility index (Phi) is 6.26. The Balaban J connectivity index is 1.64. The molecule has 1 atom stereocenters. The second-order valence-corrected chi connectivity index (χ2v) is 6.57. The number of amides is 1. The Bertz CT molecular complexity index is 478. The molecule has 0 spiro atoms. The van der Waals surface area contributed by atoms with Crippen LogP contribution in [-0.4, -0.2) is 41.3 Å². The monoisotopic (exact) mass is 306 g/mol. The molecule has 0 bridgehead atoms. The van der Waals surface area contributed by atoms with E-state index in [1.165, 1.54) is 17.3 Å². The van der Waals surface area contributed by atoms with Crippen LogP contribution in [0.3, 0.4) is 0 Å². The van der Waals surface area contributed by atoms with Gasteiger partial charge in [-0.15, -0.1) is 0 Å². The van der Waals surface area contributed by atoms with Crippen LogP contribution in [0, 0.1) is 5.92 Å². The molecule has 1 heterocycles. The van der Waals surface area contributed by atoms with Crippen molar-refractivity contribution in [2.75, 3.05) is 25.4 Å². The van der Waals surface area contributed by atoms with Crippen molar-refractivity contribution < 1.29 is 9.59 Å². The Hall–Kier alpha value is -1.33. The number of nitrogens with one attached hydrogen (secondary N) is 1. The van der Waals surface area contributed by atoms with E-state index >= 15 is 0 Å². The Morgan fingerprint density at radius 3 is 2.86 bits per heavy atom. The van der Waals surface area contributed by atoms with Gasteiger partial charge in [-0.1, -0.05) is 42.1 Å². The van der Waals surface area contributed by atoms with Crippen LogP contribution in [0.1, 0.15) is 18.9 Å². The normalized spacial score (nSPS) is 18.2. The van der Waals surface area contributed by atoms with Crippen molar-refractivity contribution in [2.45, 2.75) is 19.9 Å². The zero-order chi connectivity index (χ0) is 15.1. The smallest absolute Gasteiger partial charge is 0.222 e. The third-order valence-electron chi connectivity index (χ3n) is 3.55. The van der Waals surface area contributed by atoms with Crippen molar-refractivity contribution in [1.82, 2.24) is 10.2 Å². The van der Waals surface area contributed by atoms with Gasteiger partial charge in [0.25, 0.3) is 0 Å². The van der Waals surface area contributed by atoms with Crippen LogP contribution >= 0.6 is 11.8 Å². The highest BCUT2D eigenvalue weighted by Crippen LogP contribution is 2.21. The minimum absolute atomic E-state index is 0.130. The average Bonchev–Trinajstić information content (AvgIpc) is 2.83. The van der Waals surface area contributed by atoms with Gasteiger partial charge in [-0.05, 0) is 11.5 Å². The lowest BCUT2D eigenvalue weighted by Gasteiger charge is -2.17. The molecule has 114 valence electrons. The number of carbonyl (C=O) groups excluding carboxylic acids is 2. The van der Waals surface area contributed by atoms with Gasteiger partial charge in [-0.25, -0.2) is 0 Å². The molecule has 1 aromatic carbocycles. The van der Waals surface area contributed by atoms with Crippen molar-refractivity contribution in [1.29, 1.82) is 0 Å². The molecule has 5 heteroatoms. The van der Waals surface area contributed by atoms with Gasteiger partial charge < -0.3 is 10.2 Å². The van der Waals surface area contributed by atoms with Crippen molar-refractivity contribution >= 4 is 22.8 Å². The zero-order valence-electron chi connectivity index (χ0n) is 12.4. The lowest BCUT2D eigenvalue weighted by atomic mass is 10.1. The second-order valence-electron chi connectivity index (χ2n) is 5.37. The number of benzene rings is 1. The van der Waals surface area contributed by atoms with Gasteiger partial charge in [0.05, 0.1) is 0 Å². The van der Waals surface area contributed by atoms with Crippen LogP contribution in [0.2, 0.25) is 0 Å². The van der Waals surface area contributed by atoms with Gasteiger partial charge in [0, 0.05) is 45.3 Å². The molecule has 1 saturated heterocycles. The van der Waals surface area contributed by atoms with E-state index in [0.717, 1.165) is 31.9 Å². The zero-order valence-corrected chi connectivity index (χ0v) is 13.2. The molecule has 1 N–H and O–H groups in total. The number of likely N-dealkylation sites (tertiary alicyclic amines) is 1. The summed E-state index contributed by atoms with van der Waals surface area (Å²) in [6.07, 6.45) is 0.582.